The minimum atomic E-state index is -3.79. The zero-order chi connectivity index (χ0) is 23.0. The zero-order valence-electron chi connectivity index (χ0n) is 16.5. The van der Waals surface area contributed by atoms with Crippen LogP contribution in [0.2, 0.25) is 0 Å². The number of furan rings is 1. The van der Waals surface area contributed by atoms with Gasteiger partial charge in [0.25, 0.3) is 5.56 Å². The SMILES string of the molecule is C=c1[nH]n(-c2ccc(C(=O)O)cc2)c(=O)c1=Cc1ccc(-c2ccc(S(N)(=O)=O)cc2)o1. The van der Waals surface area contributed by atoms with E-state index in [0.717, 1.165) is 0 Å². The summed E-state index contributed by atoms with van der Waals surface area (Å²) in [6.45, 7) is 3.85. The third-order valence-corrected chi connectivity index (χ3v) is 5.69. The number of sulfonamides is 1. The maximum atomic E-state index is 12.9. The Hall–Kier alpha value is -4.15. The Morgan fingerprint density at radius 3 is 2.31 bits per heavy atom. The molecule has 0 fully saturated rings. The number of primary sulfonamides is 1. The molecule has 0 bridgehead atoms. The molecular formula is C22H17N3O6S. The van der Waals surface area contributed by atoms with Gasteiger partial charge in [-0.25, -0.2) is 23.0 Å². The molecule has 0 saturated heterocycles. The number of carboxylic acids is 1. The van der Waals surface area contributed by atoms with Gasteiger partial charge >= 0.3 is 5.97 Å². The van der Waals surface area contributed by atoms with Crippen LogP contribution in [0.15, 0.2) is 74.8 Å². The fraction of sp³-hybridized carbons (Fsp3) is 0. The number of aromatic amines is 1. The molecule has 0 aliphatic heterocycles. The highest BCUT2D eigenvalue weighted by molar-refractivity contribution is 7.89. The number of H-pyrrole nitrogens is 1. The maximum Gasteiger partial charge on any atom is 0.335 e. The topological polar surface area (TPSA) is 148 Å². The monoisotopic (exact) mass is 451 g/mol. The standard InChI is InChI=1S/C22H17N3O6S/c1-13-19(21(26)25(24-13)16-6-2-15(3-7-16)22(27)28)12-17-8-11-20(31-17)14-4-9-18(10-5-14)32(23,29)30/h2-12,24H,1H2,(H,27,28)(H2,23,29,30). The van der Waals surface area contributed by atoms with Crippen molar-refractivity contribution in [2.75, 3.05) is 0 Å². The minimum Gasteiger partial charge on any atom is -0.478 e. The number of aromatic carboxylic acids is 1. The zero-order valence-corrected chi connectivity index (χ0v) is 17.3. The second kappa shape index (κ2) is 7.84. The smallest absolute Gasteiger partial charge is 0.335 e. The molecule has 0 saturated carbocycles. The molecule has 0 spiro atoms. The van der Waals surface area contributed by atoms with Crippen molar-refractivity contribution in [3.63, 3.8) is 0 Å². The number of nitrogens with zero attached hydrogens (tertiary/aromatic N) is 1. The first kappa shape index (κ1) is 21.1. The van der Waals surface area contributed by atoms with Crippen LogP contribution in [0.25, 0.3) is 29.7 Å². The van der Waals surface area contributed by atoms with Crippen molar-refractivity contribution in [2.24, 2.45) is 5.14 Å². The van der Waals surface area contributed by atoms with Gasteiger partial charge in [0.05, 0.1) is 26.7 Å². The molecule has 0 atom stereocenters. The third-order valence-electron chi connectivity index (χ3n) is 4.76. The van der Waals surface area contributed by atoms with Gasteiger partial charge in [0, 0.05) is 5.56 Å². The Morgan fingerprint density at radius 1 is 1.06 bits per heavy atom. The normalized spacial score (nSPS) is 12.2. The average Bonchev–Trinajstić information content (AvgIpc) is 3.33. The van der Waals surface area contributed by atoms with Gasteiger partial charge in [0.1, 0.15) is 11.5 Å². The lowest BCUT2D eigenvalue weighted by Crippen LogP contribution is -2.33. The molecule has 2 aromatic heterocycles. The number of nitrogens with one attached hydrogen (secondary N) is 1. The maximum absolute atomic E-state index is 12.9. The third kappa shape index (κ3) is 4.04. The summed E-state index contributed by atoms with van der Waals surface area (Å²) in [5.74, 6) is -0.192. The number of carbonyl (C=O) groups is 1. The number of benzene rings is 2. The number of rotatable bonds is 5. The predicted octanol–water partition coefficient (Wildman–Crippen LogP) is 1.01. The highest BCUT2D eigenvalue weighted by Gasteiger charge is 2.11. The Labute approximate surface area is 181 Å². The molecule has 4 aromatic rings. The molecule has 0 aliphatic rings. The van der Waals surface area contributed by atoms with Crippen LogP contribution in [0.4, 0.5) is 0 Å². The first-order valence-corrected chi connectivity index (χ1v) is 10.8. The lowest BCUT2D eigenvalue weighted by molar-refractivity contribution is 0.0697. The van der Waals surface area contributed by atoms with Crippen molar-refractivity contribution in [3.05, 3.63) is 92.9 Å². The van der Waals surface area contributed by atoms with Crippen LogP contribution in [-0.4, -0.2) is 29.3 Å². The molecule has 2 aromatic carbocycles. The average molecular weight is 451 g/mol. The van der Waals surface area contributed by atoms with Gasteiger partial charge in [0.2, 0.25) is 10.0 Å². The molecule has 0 radical (unpaired) electrons. The fourth-order valence-corrected chi connectivity index (χ4v) is 3.63. The summed E-state index contributed by atoms with van der Waals surface area (Å²) < 4.78 is 29.8. The number of hydrogen-bond acceptors (Lipinski definition) is 5. The largest absolute Gasteiger partial charge is 0.478 e. The Kier molecular flexibility index (Phi) is 5.17. The first-order chi connectivity index (χ1) is 15.1. The van der Waals surface area contributed by atoms with Gasteiger partial charge in [-0.15, -0.1) is 0 Å². The molecule has 9 nitrogen and oxygen atoms in total. The molecule has 2 heterocycles. The van der Waals surface area contributed by atoms with E-state index in [1.54, 1.807) is 24.3 Å². The Bertz CT molecular complexity index is 1590. The highest BCUT2D eigenvalue weighted by atomic mass is 32.2. The Balaban J connectivity index is 1.68. The molecule has 0 unspecified atom stereocenters. The lowest BCUT2D eigenvalue weighted by atomic mass is 10.2. The van der Waals surface area contributed by atoms with Gasteiger partial charge in [0.15, 0.2) is 0 Å². The molecule has 10 heteroatoms. The molecule has 4 N–H and O–H groups in total. The second-order valence-corrected chi connectivity index (χ2v) is 8.47. The van der Waals surface area contributed by atoms with E-state index in [0.29, 0.717) is 28.1 Å². The van der Waals surface area contributed by atoms with E-state index in [2.05, 4.69) is 11.7 Å². The van der Waals surface area contributed by atoms with Gasteiger partial charge in [-0.05, 0) is 66.7 Å². The van der Waals surface area contributed by atoms with Crippen LogP contribution in [0.1, 0.15) is 16.1 Å². The summed E-state index contributed by atoms with van der Waals surface area (Å²) in [6.07, 6.45) is 1.53. The van der Waals surface area contributed by atoms with Crippen molar-refractivity contribution in [1.82, 2.24) is 9.78 Å². The van der Waals surface area contributed by atoms with Crippen LogP contribution >= 0.6 is 0 Å². The summed E-state index contributed by atoms with van der Waals surface area (Å²) in [5, 5.41) is 17.6. The second-order valence-electron chi connectivity index (χ2n) is 6.91. The minimum absolute atomic E-state index is 0.00875. The van der Waals surface area contributed by atoms with Gasteiger partial charge in [-0.3, -0.25) is 9.89 Å². The number of nitrogens with two attached hydrogens (primary N) is 1. The predicted molar refractivity (Wildman–Crippen MR) is 117 cm³/mol. The number of aromatic nitrogens is 2. The molecule has 0 aliphatic carbocycles. The molecule has 32 heavy (non-hydrogen) atoms. The summed E-state index contributed by atoms with van der Waals surface area (Å²) in [7, 11) is -3.79. The van der Waals surface area contributed by atoms with Gasteiger partial charge in [-0.2, -0.15) is 0 Å². The fourth-order valence-electron chi connectivity index (χ4n) is 3.12. The van der Waals surface area contributed by atoms with Crippen LogP contribution in [0.5, 0.6) is 0 Å². The first-order valence-electron chi connectivity index (χ1n) is 9.22. The summed E-state index contributed by atoms with van der Waals surface area (Å²) in [4.78, 5) is 23.9. The Morgan fingerprint density at radius 2 is 1.72 bits per heavy atom. The van der Waals surface area contributed by atoms with Crippen LogP contribution in [-0.2, 0) is 10.0 Å². The van der Waals surface area contributed by atoms with E-state index in [9.17, 15) is 18.0 Å². The summed E-state index contributed by atoms with van der Waals surface area (Å²) in [6, 6.07) is 15.1. The van der Waals surface area contributed by atoms with E-state index in [1.165, 1.54) is 47.2 Å². The van der Waals surface area contributed by atoms with Gasteiger partial charge < -0.3 is 9.52 Å². The van der Waals surface area contributed by atoms with E-state index >= 15 is 0 Å². The van der Waals surface area contributed by atoms with Crippen LogP contribution in [0.3, 0.4) is 0 Å². The molecule has 4 rings (SSSR count). The summed E-state index contributed by atoms with van der Waals surface area (Å²) >= 11 is 0. The van der Waals surface area contributed by atoms with Crippen molar-refractivity contribution < 1.29 is 22.7 Å². The number of hydrogen-bond donors (Lipinski definition) is 3. The lowest BCUT2D eigenvalue weighted by Gasteiger charge is -2.01. The molecular weight excluding hydrogens is 434 g/mol. The van der Waals surface area contributed by atoms with Crippen molar-refractivity contribution in [2.45, 2.75) is 4.90 Å². The highest BCUT2D eigenvalue weighted by Crippen LogP contribution is 2.23. The molecule has 162 valence electrons. The summed E-state index contributed by atoms with van der Waals surface area (Å²) in [5.41, 5.74) is 0.820. The number of carboxylic acid groups (broad SMARTS) is 1. The van der Waals surface area contributed by atoms with Crippen molar-refractivity contribution in [1.29, 1.82) is 0 Å². The van der Waals surface area contributed by atoms with E-state index in [-0.39, 0.29) is 21.2 Å². The van der Waals surface area contributed by atoms with Gasteiger partial charge in [-0.1, -0.05) is 6.58 Å². The van der Waals surface area contributed by atoms with Crippen LogP contribution in [0, 0.1) is 0 Å². The van der Waals surface area contributed by atoms with E-state index in [4.69, 9.17) is 14.7 Å². The van der Waals surface area contributed by atoms with E-state index in [1.807, 2.05) is 0 Å². The van der Waals surface area contributed by atoms with Crippen molar-refractivity contribution >= 4 is 28.6 Å². The van der Waals surface area contributed by atoms with Crippen molar-refractivity contribution in [3.8, 4) is 17.0 Å². The van der Waals surface area contributed by atoms with Crippen LogP contribution < -0.4 is 21.3 Å². The molecule has 0 amide bonds. The quantitative estimate of drug-likeness (QED) is 0.412. The van der Waals surface area contributed by atoms with E-state index < -0.39 is 16.0 Å².